The van der Waals surface area contributed by atoms with Crippen LogP contribution in [0, 0.1) is 11.7 Å². The molecule has 0 bridgehead atoms. The van der Waals surface area contributed by atoms with Crippen LogP contribution < -0.4 is 4.74 Å². The van der Waals surface area contributed by atoms with Gasteiger partial charge in [-0.15, -0.1) is 0 Å². The predicted molar refractivity (Wildman–Crippen MR) is 141 cm³/mol. The van der Waals surface area contributed by atoms with Gasteiger partial charge in [0.05, 0.1) is 18.5 Å². The molecular formula is C29H34FN3OS. The summed E-state index contributed by atoms with van der Waals surface area (Å²) in [7, 11) is 0. The number of ether oxygens (including phenoxy) is 1. The summed E-state index contributed by atoms with van der Waals surface area (Å²) in [6.07, 6.45) is 8.01. The predicted octanol–water partition coefficient (Wildman–Crippen LogP) is 6.67. The maximum atomic E-state index is 13.1. The Morgan fingerprint density at radius 2 is 1.60 bits per heavy atom. The Balaban J connectivity index is 1.04. The van der Waals surface area contributed by atoms with Crippen molar-refractivity contribution in [2.45, 2.75) is 43.5 Å². The van der Waals surface area contributed by atoms with Gasteiger partial charge in [0.25, 0.3) is 0 Å². The molecule has 0 atom stereocenters. The molecule has 35 heavy (non-hydrogen) atoms. The fourth-order valence-electron chi connectivity index (χ4n) is 4.88. The summed E-state index contributed by atoms with van der Waals surface area (Å²) in [6.45, 7) is 6.00. The summed E-state index contributed by atoms with van der Waals surface area (Å²) in [6, 6.07) is 20.2. The molecule has 1 aliphatic heterocycles. The zero-order valence-electron chi connectivity index (χ0n) is 20.2. The third kappa shape index (κ3) is 7.06. The van der Waals surface area contributed by atoms with Crippen molar-refractivity contribution in [1.29, 1.82) is 0 Å². The topological polar surface area (TPSA) is 28.6 Å². The quantitative estimate of drug-likeness (QED) is 0.328. The standard InChI is InChI=1S/C29H34FN3OS/c30-26-10-15-29(31-20-26)25-8-6-23(7-9-25)21-32-16-18-33(19-17-32)35-28-13-11-27(12-14-28)34-22-24-4-2-1-3-5-24/h6-15,20,24H,1-5,16-19,21-22H2. The van der Waals surface area contributed by atoms with Crippen LogP contribution in [-0.4, -0.2) is 47.0 Å². The van der Waals surface area contributed by atoms with E-state index in [1.165, 1.54) is 54.8 Å². The van der Waals surface area contributed by atoms with Crippen molar-refractivity contribution in [1.82, 2.24) is 14.2 Å². The number of nitrogens with zero attached hydrogens (tertiary/aromatic N) is 3. The van der Waals surface area contributed by atoms with Crippen molar-refractivity contribution in [3.05, 3.63) is 78.2 Å². The molecule has 3 aromatic rings. The molecule has 1 saturated carbocycles. The van der Waals surface area contributed by atoms with Crippen LogP contribution in [0.1, 0.15) is 37.7 Å². The second-order valence-electron chi connectivity index (χ2n) is 9.64. The molecule has 4 nitrogen and oxygen atoms in total. The lowest BCUT2D eigenvalue weighted by atomic mass is 9.90. The molecule has 1 aromatic heterocycles. The van der Waals surface area contributed by atoms with Crippen molar-refractivity contribution in [2.75, 3.05) is 32.8 Å². The second-order valence-corrected chi connectivity index (χ2v) is 10.8. The van der Waals surface area contributed by atoms with Crippen molar-refractivity contribution >= 4 is 11.9 Å². The van der Waals surface area contributed by atoms with E-state index in [9.17, 15) is 4.39 Å². The SMILES string of the molecule is Fc1ccc(-c2ccc(CN3CCN(Sc4ccc(OCC5CCCCC5)cc4)CC3)cc2)nc1. The summed E-state index contributed by atoms with van der Waals surface area (Å²) in [5.74, 6) is 1.42. The van der Waals surface area contributed by atoms with Gasteiger partial charge in [-0.25, -0.2) is 8.70 Å². The number of rotatable bonds is 8. The molecule has 2 fully saturated rings. The Labute approximate surface area is 212 Å². The Kier molecular flexibility index (Phi) is 8.34. The lowest BCUT2D eigenvalue weighted by molar-refractivity contribution is 0.189. The first kappa shape index (κ1) is 24.3. The Bertz CT molecular complexity index is 1040. The highest BCUT2D eigenvalue weighted by Gasteiger charge is 2.18. The molecule has 5 rings (SSSR count). The molecule has 1 aliphatic carbocycles. The number of piperazine rings is 1. The van der Waals surface area contributed by atoms with Gasteiger partial charge in [0, 0.05) is 43.2 Å². The molecule has 0 N–H and O–H groups in total. The van der Waals surface area contributed by atoms with Crippen molar-refractivity contribution < 1.29 is 9.13 Å². The van der Waals surface area contributed by atoms with Crippen LogP contribution in [0.25, 0.3) is 11.3 Å². The van der Waals surface area contributed by atoms with Gasteiger partial charge in [0.15, 0.2) is 0 Å². The summed E-state index contributed by atoms with van der Waals surface area (Å²) < 4.78 is 21.6. The average molecular weight is 492 g/mol. The van der Waals surface area contributed by atoms with Crippen LogP contribution in [0.4, 0.5) is 4.39 Å². The minimum atomic E-state index is -0.307. The fraction of sp³-hybridized carbons (Fsp3) is 0.414. The summed E-state index contributed by atoms with van der Waals surface area (Å²) >= 11 is 1.85. The zero-order chi connectivity index (χ0) is 23.9. The number of halogens is 1. The summed E-state index contributed by atoms with van der Waals surface area (Å²) in [5.41, 5.74) is 3.11. The normalized spacial score (nSPS) is 18.0. The van der Waals surface area contributed by atoms with Gasteiger partial charge in [-0.2, -0.15) is 0 Å². The number of benzene rings is 2. The first-order valence-electron chi connectivity index (χ1n) is 12.8. The van der Waals surface area contributed by atoms with Gasteiger partial charge in [0.1, 0.15) is 11.6 Å². The minimum Gasteiger partial charge on any atom is -0.493 e. The molecule has 0 amide bonds. The monoisotopic (exact) mass is 491 g/mol. The zero-order valence-corrected chi connectivity index (χ0v) is 21.1. The van der Waals surface area contributed by atoms with E-state index in [0.717, 1.165) is 62.3 Å². The molecule has 2 aliphatic rings. The fourth-order valence-corrected chi connectivity index (χ4v) is 5.78. The number of hydrogen-bond acceptors (Lipinski definition) is 5. The summed E-state index contributed by atoms with van der Waals surface area (Å²) in [4.78, 5) is 7.95. The van der Waals surface area contributed by atoms with E-state index in [-0.39, 0.29) is 5.82 Å². The maximum absolute atomic E-state index is 13.1. The van der Waals surface area contributed by atoms with Gasteiger partial charge in [-0.05, 0) is 72.7 Å². The van der Waals surface area contributed by atoms with Crippen LogP contribution in [0.2, 0.25) is 0 Å². The van der Waals surface area contributed by atoms with Crippen molar-refractivity contribution in [3.8, 4) is 17.0 Å². The van der Waals surface area contributed by atoms with E-state index in [1.807, 2.05) is 11.9 Å². The van der Waals surface area contributed by atoms with Gasteiger partial charge in [-0.1, -0.05) is 43.5 Å². The van der Waals surface area contributed by atoms with Gasteiger partial charge < -0.3 is 4.74 Å². The average Bonchev–Trinajstić information content (AvgIpc) is 2.91. The molecule has 0 unspecified atom stereocenters. The van der Waals surface area contributed by atoms with Crippen LogP contribution in [0.5, 0.6) is 5.75 Å². The lowest BCUT2D eigenvalue weighted by Gasteiger charge is -2.33. The molecule has 2 aromatic carbocycles. The van der Waals surface area contributed by atoms with Gasteiger partial charge >= 0.3 is 0 Å². The van der Waals surface area contributed by atoms with Crippen molar-refractivity contribution in [2.24, 2.45) is 5.92 Å². The van der Waals surface area contributed by atoms with E-state index < -0.39 is 0 Å². The van der Waals surface area contributed by atoms with E-state index in [4.69, 9.17) is 4.74 Å². The highest BCUT2D eigenvalue weighted by atomic mass is 32.2. The number of aromatic nitrogens is 1. The number of hydrogen-bond donors (Lipinski definition) is 0. The van der Waals surface area contributed by atoms with Crippen LogP contribution >= 0.6 is 11.9 Å². The van der Waals surface area contributed by atoms with Gasteiger partial charge in [0.2, 0.25) is 0 Å². The highest BCUT2D eigenvalue weighted by Crippen LogP contribution is 2.28. The first-order chi connectivity index (χ1) is 17.2. The first-order valence-corrected chi connectivity index (χ1v) is 13.6. The molecule has 2 heterocycles. The molecule has 1 saturated heterocycles. The Morgan fingerprint density at radius 1 is 0.857 bits per heavy atom. The third-order valence-electron chi connectivity index (χ3n) is 6.98. The smallest absolute Gasteiger partial charge is 0.141 e. The van der Waals surface area contributed by atoms with Gasteiger partial charge in [-0.3, -0.25) is 9.88 Å². The molecule has 6 heteroatoms. The molecule has 0 spiro atoms. The van der Waals surface area contributed by atoms with Crippen LogP contribution in [0.3, 0.4) is 0 Å². The molecular weight excluding hydrogens is 457 g/mol. The van der Waals surface area contributed by atoms with E-state index in [2.05, 4.69) is 62.7 Å². The minimum absolute atomic E-state index is 0.307. The number of pyridine rings is 1. The molecule has 184 valence electrons. The van der Waals surface area contributed by atoms with Crippen molar-refractivity contribution in [3.63, 3.8) is 0 Å². The van der Waals surface area contributed by atoms with E-state index >= 15 is 0 Å². The second kappa shape index (κ2) is 12.0. The summed E-state index contributed by atoms with van der Waals surface area (Å²) in [5, 5.41) is 0. The van der Waals surface area contributed by atoms with E-state index in [0.29, 0.717) is 0 Å². The van der Waals surface area contributed by atoms with Crippen LogP contribution in [0.15, 0.2) is 71.8 Å². The van der Waals surface area contributed by atoms with E-state index in [1.54, 1.807) is 6.07 Å². The Hall–Kier alpha value is -2.41. The third-order valence-corrected chi connectivity index (χ3v) is 8.09. The highest BCUT2D eigenvalue weighted by molar-refractivity contribution is 7.97. The Morgan fingerprint density at radius 3 is 2.29 bits per heavy atom. The molecule has 0 radical (unpaired) electrons. The largest absolute Gasteiger partial charge is 0.493 e. The lowest BCUT2D eigenvalue weighted by Crippen LogP contribution is -2.42. The van der Waals surface area contributed by atoms with Crippen LogP contribution in [-0.2, 0) is 6.54 Å². The maximum Gasteiger partial charge on any atom is 0.141 e.